The van der Waals surface area contributed by atoms with Crippen LogP contribution in [0.4, 0.5) is 27.6 Å². The lowest BCUT2D eigenvalue weighted by atomic mass is 9.96. The van der Waals surface area contributed by atoms with E-state index in [4.69, 9.17) is 0 Å². The van der Waals surface area contributed by atoms with Gasteiger partial charge in [0.25, 0.3) is 0 Å². The molecule has 2 rings (SSSR count). The highest BCUT2D eigenvalue weighted by Crippen LogP contribution is 2.32. The van der Waals surface area contributed by atoms with Crippen molar-refractivity contribution in [3.63, 3.8) is 0 Å². The summed E-state index contributed by atoms with van der Waals surface area (Å²) in [5.74, 6) is -9.07. The molecule has 1 aromatic rings. The Morgan fingerprint density at radius 1 is 0.900 bits per heavy atom. The van der Waals surface area contributed by atoms with Crippen LogP contribution in [-0.2, 0) is 0 Å². The number of nitrogens with zero attached hydrogens (tertiary/aromatic N) is 1. The van der Waals surface area contributed by atoms with Crippen molar-refractivity contribution < 1.29 is 22.0 Å². The summed E-state index contributed by atoms with van der Waals surface area (Å²) in [6.45, 7) is 1.31. The molecule has 1 fully saturated rings. The standard InChI is InChI=1S/C13H15F5N2/c1-19-6-7-2-4-20(5-3-7)13-11(17)9(15)8(14)10(16)12(13)18/h7,19H,2-6H2,1H3. The van der Waals surface area contributed by atoms with Gasteiger partial charge in [-0.05, 0) is 32.4 Å². The molecule has 0 radical (unpaired) electrons. The van der Waals surface area contributed by atoms with E-state index in [1.807, 2.05) is 0 Å². The van der Waals surface area contributed by atoms with Crippen molar-refractivity contribution in [1.82, 2.24) is 5.32 Å². The van der Waals surface area contributed by atoms with Crippen LogP contribution in [0.25, 0.3) is 0 Å². The molecule has 1 aliphatic heterocycles. The van der Waals surface area contributed by atoms with E-state index in [9.17, 15) is 22.0 Å². The van der Waals surface area contributed by atoms with Gasteiger partial charge in [-0.15, -0.1) is 0 Å². The second-order valence-corrected chi connectivity index (χ2v) is 4.91. The molecule has 1 N–H and O–H groups in total. The summed E-state index contributed by atoms with van der Waals surface area (Å²) in [6, 6.07) is 0. The van der Waals surface area contributed by atoms with E-state index >= 15 is 0 Å². The maximum absolute atomic E-state index is 13.7. The Morgan fingerprint density at radius 3 is 1.80 bits per heavy atom. The Balaban J connectivity index is 2.26. The zero-order valence-electron chi connectivity index (χ0n) is 10.9. The SMILES string of the molecule is CNCC1CCN(c2c(F)c(F)c(F)c(F)c2F)CC1. The van der Waals surface area contributed by atoms with E-state index in [2.05, 4.69) is 5.32 Å². The molecule has 0 saturated carbocycles. The van der Waals surface area contributed by atoms with Crippen LogP contribution in [0.15, 0.2) is 0 Å². The number of hydrogen-bond acceptors (Lipinski definition) is 2. The Hall–Kier alpha value is -1.37. The minimum Gasteiger partial charge on any atom is -0.367 e. The van der Waals surface area contributed by atoms with Crippen LogP contribution in [0.3, 0.4) is 0 Å². The van der Waals surface area contributed by atoms with Crippen molar-refractivity contribution in [2.45, 2.75) is 12.8 Å². The number of piperidine rings is 1. The molecular weight excluding hydrogens is 279 g/mol. The predicted octanol–water partition coefficient (Wildman–Crippen LogP) is 2.82. The minimum atomic E-state index is -2.12. The fraction of sp³-hybridized carbons (Fsp3) is 0.538. The molecule has 0 atom stereocenters. The molecular formula is C13H15F5N2. The fourth-order valence-electron chi connectivity index (χ4n) is 2.52. The van der Waals surface area contributed by atoms with Gasteiger partial charge >= 0.3 is 0 Å². The summed E-state index contributed by atoms with van der Waals surface area (Å²) < 4.78 is 66.6. The first-order valence-corrected chi connectivity index (χ1v) is 6.38. The van der Waals surface area contributed by atoms with Crippen LogP contribution < -0.4 is 10.2 Å². The first-order chi connectivity index (χ1) is 9.47. The van der Waals surface area contributed by atoms with Crippen molar-refractivity contribution in [3.8, 4) is 0 Å². The summed E-state index contributed by atoms with van der Waals surface area (Å²) in [5, 5.41) is 3.00. The largest absolute Gasteiger partial charge is 0.367 e. The summed E-state index contributed by atoms with van der Waals surface area (Å²) >= 11 is 0. The third-order valence-corrected chi connectivity index (χ3v) is 3.61. The Labute approximate surface area is 113 Å². The Kier molecular flexibility index (Phi) is 4.47. The summed E-state index contributed by atoms with van der Waals surface area (Å²) in [7, 11) is 1.80. The highest BCUT2D eigenvalue weighted by Gasteiger charge is 2.30. The van der Waals surface area contributed by atoms with E-state index in [1.54, 1.807) is 7.05 Å². The van der Waals surface area contributed by atoms with Gasteiger partial charge in [-0.1, -0.05) is 0 Å². The highest BCUT2D eigenvalue weighted by molar-refractivity contribution is 5.50. The van der Waals surface area contributed by atoms with Gasteiger partial charge < -0.3 is 10.2 Å². The van der Waals surface area contributed by atoms with Crippen LogP contribution in [0, 0.1) is 35.0 Å². The molecule has 7 heteroatoms. The first kappa shape index (κ1) is 15.0. The van der Waals surface area contributed by atoms with Crippen molar-refractivity contribution in [2.75, 3.05) is 31.6 Å². The zero-order chi connectivity index (χ0) is 14.9. The van der Waals surface area contributed by atoms with Crippen LogP contribution in [-0.4, -0.2) is 26.7 Å². The molecule has 0 spiro atoms. The molecule has 0 amide bonds. The number of rotatable bonds is 3. The smallest absolute Gasteiger partial charge is 0.200 e. The van der Waals surface area contributed by atoms with Crippen LogP contribution in [0.2, 0.25) is 0 Å². The maximum Gasteiger partial charge on any atom is 0.200 e. The highest BCUT2D eigenvalue weighted by atomic mass is 19.2. The van der Waals surface area contributed by atoms with Gasteiger partial charge in [-0.2, -0.15) is 0 Å². The molecule has 1 saturated heterocycles. The number of hydrogen-bond donors (Lipinski definition) is 1. The van der Waals surface area contributed by atoms with E-state index in [0.29, 0.717) is 18.8 Å². The second-order valence-electron chi connectivity index (χ2n) is 4.91. The lowest BCUT2D eigenvalue weighted by Gasteiger charge is -2.34. The first-order valence-electron chi connectivity index (χ1n) is 6.38. The summed E-state index contributed by atoms with van der Waals surface area (Å²) in [5.41, 5.74) is -0.815. The monoisotopic (exact) mass is 294 g/mol. The van der Waals surface area contributed by atoms with E-state index < -0.39 is 34.8 Å². The van der Waals surface area contributed by atoms with Crippen molar-refractivity contribution in [2.24, 2.45) is 5.92 Å². The van der Waals surface area contributed by atoms with E-state index in [-0.39, 0.29) is 13.1 Å². The Morgan fingerprint density at radius 2 is 1.35 bits per heavy atom. The van der Waals surface area contributed by atoms with Gasteiger partial charge in [0, 0.05) is 13.1 Å². The second kappa shape index (κ2) is 5.95. The van der Waals surface area contributed by atoms with Gasteiger partial charge in [-0.25, -0.2) is 22.0 Å². The number of nitrogens with one attached hydrogen (secondary N) is 1. The third kappa shape index (κ3) is 2.59. The number of halogens is 5. The number of benzene rings is 1. The number of anilines is 1. The van der Waals surface area contributed by atoms with Gasteiger partial charge in [-0.3, -0.25) is 0 Å². The van der Waals surface area contributed by atoms with Gasteiger partial charge in [0.05, 0.1) is 0 Å². The van der Waals surface area contributed by atoms with Gasteiger partial charge in [0.2, 0.25) is 5.82 Å². The lowest BCUT2D eigenvalue weighted by Crippen LogP contribution is -2.38. The third-order valence-electron chi connectivity index (χ3n) is 3.61. The predicted molar refractivity (Wildman–Crippen MR) is 65.1 cm³/mol. The molecule has 0 unspecified atom stereocenters. The average Bonchev–Trinajstić information content (AvgIpc) is 2.45. The van der Waals surface area contributed by atoms with Crippen molar-refractivity contribution >= 4 is 5.69 Å². The van der Waals surface area contributed by atoms with E-state index in [0.717, 1.165) is 6.54 Å². The van der Waals surface area contributed by atoms with Crippen LogP contribution in [0.5, 0.6) is 0 Å². The van der Waals surface area contributed by atoms with Crippen molar-refractivity contribution in [3.05, 3.63) is 29.1 Å². The van der Waals surface area contributed by atoms with Crippen LogP contribution in [0.1, 0.15) is 12.8 Å². The van der Waals surface area contributed by atoms with Gasteiger partial charge in [0.1, 0.15) is 5.69 Å². The maximum atomic E-state index is 13.7. The fourth-order valence-corrected chi connectivity index (χ4v) is 2.52. The molecule has 1 aliphatic rings. The minimum absolute atomic E-state index is 0.269. The molecule has 1 aromatic carbocycles. The normalized spacial score (nSPS) is 16.8. The molecule has 0 bridgehead atoms. The molecule has 1 heterocycles. The molecule has 112 valence electrons. The quantitative estimate of drug-likeness (QED) is 0.524. The topological polar surface area (TPSA) is 15.3 Å². The molecule has 20 heavy (non-hydrogen) atoms. The molecule has 0 aromatic heterocycles. The summed E-state index contributed by atoms with van der Waals surface area (Å²) in [4.78, 5) is 1.22. The van der Waals surface area contributed by atoms with Crippen molar-refractivity contribution in [1.29, 1.82) is 0 Å². The van der Waals surface area contributed by atoms with Gasteiger partial charge in [0.15, 0.2) is 23.3 Å². The average molecular weight is 294 g/mol. The zero-order valence-corrected chi connectivity index (χ0v) is 10.9. The molecule has 2 nitrogen and oxygen atoms in total. The Bertz CT molecular complexity index is 469. The lowest BCUT2D eigenvalue weighted by molar-refractivity contribution is 0.362. The molecule has 0 aliphatic carbocycles. The summed E-state index contributed by atoms with van der Waals surface area (Å²) in [6.07, 6.45) is 1.28. The van der Waals surface area contributed by atoms with E-state index in [1.165, 1.54) is 4.90 Å². The van der Waals surface area contributed by atoms with Crippen LogP contribution >= 0.6 is 0 Å².